The molecule has 0 bridgehead atoms. The summed E-state index contributed by atoms with van der Waals surface area (Å²) in [5, 5.41) is 13.6. The number of aromatic nitrogens is 2. The van der Waals surface area contributed by atoms with Crippen molar-refractivity contribution in [3.8, 4) is 11.5 Å². The lowest BCUT2D eigenvalue weighted by atomic mass is 10.0. The first-order valence-electron chi connectivity index (χ1n) is 7.22. The molecule has 1 aromatic carbocycles. The van der Waals surface area contributed by atoms with E-state index in [9.17, 15) is 18.3 Å². The Morgan fingerprint density at radius 2 is 2.00 bits per heavy atom. The molecule has 2 heterocycles. The maximum atomic E-state index is 12.9. The Morgan fingerprint density at radius 1 is 1.30 bits per heavy atom. The first-order chi connectivity index (χ1) is 10.8. The Kier molecular flexibility index (Phi) is 3.89. The first kappa shape index (κ1) is 15.9. The van der Waals surface area contributed by atoms with Gasteiger partial charge < -0.3 is 9.63 Å². The Morgan fingerprint density at radius 3 is 2.61 bits per heavy atom. The fourth-order valence-electron chi connectivity index (χ4n) is 2.65. The van der Waals surface area contributed by atoms with Crippen molar-refractivity contribution >= 4 is 0 Å². The van der Waals surface area contributed by atoms with Crippen LogP contribution in [-0.2, 0) is 0 Å². The molecule has 1 fully saturated rings. The Labute approximate surface area is 130 Å². The smallest absolute Gasteiger partial charge is 0.379 e. The van der Waals surface area contributed by atoms with Crippen molar-refractivity contribution in [2.75, 3.05) is 13.1 Å². The average Bonchev–Trinajstić information content (AvgIpc) is 3.14. The maximum Gasteiger partial charge on any atom is 0.418 e. The molecule has 23 heavy (non-hydrogen) atoms. The van der Waals surface area contributed by atoms with Gasteiger partial charge in [-0.3, -0.25) is 4.90 Å². The lowest BCUT2D eigenvalue weighted by Crippen LogP contribution is -2.47. The molecule has 0 saturated carbocycles. The summed E-state index contributed by atoms with van der Waals surface area (Å²) in [6, 6.07) is 8.64. The minimum absolute atomic E-state index is 0.117. The molecule has 124 valence electrons. The fourth-order valence-corrected chi connectivity index (χ4v) is 2.65. The number of nitrogens with zero attached hydrogens (tertiary/aromatic N) is 3. The van der Waals surface area contributed by atoms with E-state index in [2.05, 4.69) is 10.1 Å². The van der Waals surface area contributed by atoms with Crippen LogP contribution in [-0.4, -0.2) is 45.0 Å². The van der Waals surface area contributed by atoms with E-state index in [1.54, 1.807) is 19.1 Å². The molecule has 0 amide bonds. The number of aliphatic hydroxyl groups is 1. The van der Waals surface area contributed by atoms with Crippen LogP contribution in [0.4, 0.5) is 13.2 Å². The minimum atomic E-state index is -4.64. The zero-order chi connectivity index (χ0) is 16.7. The zero-order valence-corrected chi connectivity index (χ0v) is 12.4. The van der Waals surface area contributed by atoms with Crippen LogP contribution < -0.4 is 0 Å². The van der Waals surface area contributed by atoms with E-state index in [4.69, 9.17) is 4.52 Å². The van der Waals surface area contributed by atoms with Crippen LogP contribution in [0.3, 0.4) is 0 Å². The average molecular weight is 327 g/mol. The van der Waals surface area contributed by atoms with Gasteiger partial charge in [-0.05, 0) is 25.5 Å². The molecule has 1 N–H and O–H groups in total. The summed E-state index contributed by atoms with van der Waals surface area (Å²) >= 11 is 0. The highest BCUT2D eigenvalue weighted by Crippen LogP contribution is 2.40. The van der Waals surface area contributed by atoms with Crippen molar-refractivity contribution in [1.82, 2.24) is 15.0 Å². The Bertz CT molecular complexity index is 674. The maximum absolute atomic E-state index is 12.9. The Balaban J connectivity index is 1.75. The molecule has 0 spiro atoms. The Hall–Kier alpha value is -1.93. The summed E-state index contributed by atoms with van der Waals surface area (Å²) in [7, 11) is 0. The summed E-state index contributed by atoms with van der Waals surface area (Å²) in [5.41, 5.74) is -1.93. The molecular weight excluding hydrogens is 311 g/mol. The van der Waals surface area contributed by atoms with Gasteiger partial charge in [0.25, 0.3) is 5.89 Å². The number of rotatable bonds is 3. The molecule has 0 radical (unpaired) electrons. The molecule has 2 atom stereocenters. The van der Waals surface area contributed by atoms with Crippen molar-refractivity contribution < 1.29 is 22.8 Å². The zero-order valence-electron chi connectivity index (χ0n) is 12.4. The number of alkyl halides is 3. The predicted octanol–water partition coefficient (Wildman–Crippen LogP) is 2.80. The van der Waals surface area contributed by atoms with Gasteiger partial charge in [0.1, 0.15) is 0 Å². The van der Waals surface area contributed by atoms with Crippen LogP contribution in [0.25, 0.3) is 11.5 Å². The first-order valence-corrected chi connectivity index (χ1v) is 7.22. The van der Waals surface area contributed by atoms with Gasteiger partial charge >= 0.3 is 6.18 Å². The van der Waals surface area contributed by atoms with Crippen LogP contribution in [0.2, 0.25) is 0 Å². The molecule has 1 aliphatic rings. The molecule has 8 heteroatoms. The van der Waals surface area contributed by atoms with Gasteiger partial charge in [0.15, 0.2) is 11.4 Å². The second kappa shape index (κ2) is 5.61. The van der Waals surface area contributed by atoms with Crippen molar-refractivity contribution in [3.63, 3.8) is 0 Å². The largest absolute Gasteiger partial charge is 0.418 e. The highest BCUT2D eigenvalue weighted by molar-refractivity contribution is 5.52. The third kappa shape index (κ3) is 2.96. The second-order valence-electron chi connectivity index (χ2n) is 5.75. The third-order valence-corrected chi connectivity index (χ3v) is 4.19. The van der Waals surface area contributed by atoms with Crippen molar-refractivity contribution in [2.24, 2.45) is 0 Å². The molecule has 0 aliphatic carbocycles. The molecule has 1 saturated heterocycles. The highest BCUT2D eigenvalue weighted by Gasteiger charge is 2.57. The summed E-state index contributed by atoms with van der Waals surface area (Å²) in [6.07, 6.45) is -5.00. The molecule has 1 aliphatic heterocycles. The number of β-amino-alcohol motifs (C(OH)–C–C–N with tert-alkyl or cyclic N) is 1. The van der Waals surface area contributed by atoms with E-state index in [1.165, 1.54) is 4.90 Å². The van der Waals surface area contributed by atoms with Crippen molar-refractivity contribution in [3.05, 3.63) is 36.2 Å². The lowest BCUT2D eigenvalue weighted by molar-refractivity contribution is -0.254. The SMILES string of the molecule is CC(c1noc(-c2ccccc2)n1)N1CCC(O)(C(F)(F)F)C1. The van der Waals surface area contributed by atoms with E-state index < -0.39 is 24.4 Å². The van der Waals surface area contributed by atoms with Gasteiger partial charge in [-0.15, -0.1) is 0 Å². The molecule has 3 rings (SSSR count). The molecular formula is C15H16F3N3O2. The highest BCUT2D eigenvalue weighted by atomic mass is 19.4. The summed E-state index contributed by atoms with van der Waals surface area (Å²) < 4.78 is 43.8. The van der Waals surface area contributed by atoms with E-state index >= 15 is 0 Å². The van der Waals surface area contributed by atoms with Crippen molar-refractivity contribution in [1.29, 1.82) is 0 Å². The number of hydrogen-bond donors (Lipinski definition) is 1. The van der Waals surface area contributed by atoms with Gasteiger partial charge in [-0.25, -0.2) is 0 Å². The summed E-state index contributed by atoms with van der Waals surface area (Å²) in [5.74, 6) is 0.619. The van der Waals surface area contributed by atoms with Crippen LogP contribution in [0.1, 0.15) is 25.2 Å². The van der Waals surface area contributed by atoms with E-state index in [0.29, 0.717) is 11.7 Å². The predicted molar refractivity (Wildman–Crippen MR) is 75.3 cm³/mol. The number of benzene rings is 1. The van der Waals surface area contributed by atoms with Gasteiger partial charge in [-0.1, -0.05) is 23.4 Å². The minimum Gasteiger partial charge on any atom is -0.379 e. The number of hydrogen-bond acceptors (Lipinski definition) is 5. The molecule has 1 aromatic heterocycles. The topological polar surface area (TPSA) is 62.4 Å². The van der Waals surface area contributed by atoms with Crippen LogP contribution >= 0.6 is 0 Å². The summed E-state index contributed by atoms with van der Waals surface area (Å²) in [4.78, 5) is 5.76. The van der Waals surface area contributed by atoms with Gasteiger partial charge in [0.2, 0.25) is 0 Å². The molecule has 5 nitrogen and oxygen atoms in total. The summed E-state index contributed by atoms with van der Waals surface area (Å²) in [6.45, 7) is 1.32. The number of halogens is 3. The fraction of sp³-hybridized carbons (Fsp3) is 0.467. The van der Waals surface area contributed by atoms with E-state index in [0.717, 1.165) is 5.56 Å². The van der Waals surface area contributed by atoms with Gasteiger partial charge in [0.05, 0.1) is 6.04 Å². The standard InChI is InChI=1S/C15H16F3N3O2/c1-10(21-8-7-14(22,9-21)15(16,17)18)12-19-13(23-20-12)11-5-3-2-4-6-11/h2-6,10,22H,7-9H2,1H3. The number of likely N-dealkylation sites (tertiary alicyclic amines) is 1. The quantitative estimate of drug-likeness (QED) is 0.939. The second-order valence-corrected chi connectivity index (χ2v) is 5.75. The lowest BCUT2D eigenvalue weighted by Gasteiger charge is -2.27. The van der Waals surface area contributed by atoms with Crippen LogP contribution in [0.15, 0.2) is 34.9 Å². The third-order valence-electron chi connectivity index (χ3n) is 4.19. The molecule has 2 aromatic rings. The van der Waals surface area contributed by atoms with Gasteiger partial charge in [0, 0.05) is 18.7 Å². The molecule has 2 unspecified atom stereocenters. The normalized spacial score (nSPS) is 24.0. The van der Waals surface area contributed by atoms with Crippen LogP contribution in [0.5, 0.6) is 0 Å². The van der Waals surface area contributed by atoms with E-state index in [-0.39, 0.29) is 13.0 Å². The van der Waals surface area contributed by atoms with Gasteiger partial charge in [-0.2, -0.15) is 18.2 Å². The monoisotopic (exact) mass is 327 g/mol. The van der Waals surface area contributed by atoms with E-state index in [1.807, 2.05) is 18.2 Å². The van der Waals surface area contributed by atoms with Crippen LogP contribution in [0, 0.1) is 0 Å². The van der Waals surface area contributed by atoms with Crippen molar-refractivity contribution in [2.45, 2.75) is 31.2 Å².